The molecule has 0 aliphatic rings. The van der Waals surface area contributed by atoms with E-state index in [1.165, 1.54) is 0 Å². The highest BCUT2D eigenvalue weighted by Gasteiger charge is 2.03. The maximum atomic E-state index is 5.69. The van der Waals surface area contributed by atoms with Crippen LogP contribution in [0.5, 0.6) is 0 Å². The van der Waals surface area contributed by atoms with Gasteiger partial charge in [0.15, 0.2) is 11.7 Å². The van der Waals surface area contributed by atoms with E-state index in [4.69, 9.17) is 11.5 Å². The summed E-state index contributed by atoms with van der Waals surface area (Å²) in [6, 6.07) is 0.418. The second-order valence-corrected chi connectivity index (χ2v) is 3.54. The largest absolute Gasteiger partial charge is 0.381 e. The molecule has 0 aliphatic heterocycles. The van der Waals surface area contributed by atoms with Gasteiger partial charge in [0.1, 0.15) is 0 Å². The van der Waals surface area contributed by atoms with Crippen LogP contribution >= 0.6 is 0 Å². The van der Waals surface area contributed by atoms with Crippen LogP contribution in [0.15, 0.2) is 9.98 Å². The SMILES string of the molecule is CCC(C)N=C(N)C(N)=NC(C)CC. The molecule has 2 atom stereocenters. The summed E-state index contributed by atoms with van der Waals surface area (Å²) in [5.41, 5.74) is 11.4. The number of aliphatic imine (C=N–C) groups is 2. The third kappa shape index (κ3) is 4.84. The molecule has 0 saturated carbocycles. The van der Waals surface area contributed by atoms with E-state index < -0.39 is 0 Å². The molecule has 0 aromatic heterocycles. The maximum Gasteiger partial charge on any atom is 0.161 e. The van der Waals surface area contributed by atoms with Gasteiger partial charge in [0, 0.05) is 12.1 Å². The van der Waals surface area contributed by atoms with E-state index in [1.807, 2.05) is 13.8 Å². The molecule has 14 heavy (non-hydrogen) atoms. The Labute approximate surface area is 86.5 Å². The molecule has 4 nitrogen and oxygen atoms in total. The predicted molar refractivity (Wildman–Crippen MR) is 62.8 cm³/mol. The highest BCUT2D eigenvalue weighted by Crippen LogP contribution is 1.97. The van der Waals surface area contributed by atoms with Gasteiger partial charge in [-0.1, -0.05) is 13.8 Å². The van der Waals surface area contributed by atoms with Gasteiger partial charge >= 0.3 is 0 Å². The average molecular weight is 198 g/mol. The van der Waals surface area contributed by atoms with Crippen molar-refractivity contribution < 1.29 is 0 Å². The minimum absolute atomic E-state index is 0.209. The molecule has 82 valence electrons. The minimum atomic E-state index is 0.209. The van der Waals surface area contributed by atoms with E-state index in [1.54, 1.807) is 0 Å². The lowest BCUT2D eigenvalue weighted by Gasteiger charge is -2.07. The summed E-state index contributed by atoms with van der Waals surface area (Å²) >= 11 is 0. The molecule has 4 heteroatoms. The van der Waals surface area contributed by atoms with Gasteiger partial charge in [0.25, 0.3) is 0 Å². The molecule has 0 spiro atoms. The smallest absolute Gasteiger partial charge is 0.161 e. The summed E-state index contributed by atoms with van der Waals surface area (Å²) in [6.45, 7) is 8.12. The Morgan fingerprint density at radius 3 is 1.43 bits per heavy atom. The summed E-state index contributed by atoms with van der Waals surface area (Å²) in [5, 5.41) is 0. The van der Waals surface area contributed by atoms with Crippen LogP contribution in [0, 0.1) is 0 Å². The molecule has 0 heterocycles. The Bertz CT molecular complexity index is 196. The molecular formula is C10H22N4. The summed E-state index contributed by atoms with van der Waals surface area (Å²) in [5.74, 6) is 0.722. The van der Waals surface area contributed by atoms with Crippen LogP contribution in [0.2, 0.25) is 0 Å². The number of rotatable bonds is 4. The first-order valence-corrected chi connectivity index (χ1v) is 5.18. The second kappa shape index (κ2) is 6.40. The number of nitrogens with zero attached hydrogens (tertiary/aromatic N) is 2. The van der Waals surface area contributed by atoms with Gasteiger partial charge < -0.3 is 11.5 Å². The highest BCUT2D eigenvalue weighted by atomic mass is 15.0. The highest BCUT2D eigenvalue weighted by molar-refractivity contribution is 6.39. The zero-order valence-corrected chi connectivity index (χ0v) is 9.62. The quantitative estimate of drug-likeness (QED) is 0.527. The molecule has 2 unspecified atom stereocenters. The van der Waals surface area contributed by atoms with Gasteiger partial charge in [-0.25, -0.2) is 0 Å². The van der Waals surface area contributed by atoms with Crippen molar-refractivity contribution in [3.05, 3.63) is 0 Å². The van der Waals surface area contributed by atoms with Gasteiger partial charge in [0.2, 0.25) is 0 Å². The maximum absolute atomic E-state index is 5.69. The van der Waals surface area contributed by atoms with Crippen LogP contribution in [0.1, 0.15) is 40.5 Å². The third-order valence-corrected chi connectivity index (χ3v) is 2.16. The number of hydrogen-bond acceptors (Lipinski definition) is 2. The summed E-state index contributed by atoms with van der Waals surface area (Å²) in [4.78, 5) is 8.44. The lowest BCUT2D eigenvalue weighted by molar-refractivity contribution is 0.711. The molecule has 0 aromatic rings. The number of amidine groups is 2. The Morgan fingerprint density at radius 2 is 1.21 bits per heavy atom. The number of hydrogen-bond donors (Lipinski definition) is 2. The van der Waals surface area contributed by atoms with Crippen LogP contribution in [0.25, 0.3) is 0 Å². The van der Waals surface area contributed by atoms with Crippen molar-refractivity contribution in [2.75, 3.05) is 0 Å². The lowest BCUT2D eigenvalue weighted by Crippen LogP contribution is -2.33. The van der Waals surface area contributed by atoms with Crippen molar-refractivity contribution in [1.29, 1.82) is 0 Å². The molecule has 0 aromatic carbocycles. The average Bonchev–Trinajstić information content (AvgIpc) is 2.17. The van der Waals surface area contributed by atoms with Gasteiger partial charge in [-0.3, -0.25) is 9.98 Å². The van der Waals surface area contributed by atoms with E-state index in [9.17, 15) is 0 Å². The van der Waals surface area contributed by atoms with Crippen molar-refractivity contribution in [3.8, 4) is 0 Å². The first-order valence-electron chi connectivity index (χ1n) is 5.18. The Morgan fingerprint density at radius 1 is 0.929 bits per heavy atom. The van der Waals surface area contributed by atoms with Crippen molar-refractivity contribution in [1.82, 2.24) is 0 Å². The summed E-state index contributed by atoms with van der Waals surface area (Å²) < 4.78 is 0. The fourth-order valence-corrected chi connectivity index (χ4v) is 0.790. The van der Waals surface area contributed by atoms with Crippen molar-refractivity contribution in [2.24, 2.45) is 21.5 Å². The summed E-state index contributed by atoms with van der Waals surface area (Å²) in [7, 11) is 0. The van der Waals surface area contributed by atoms with E-state index in [0.717, 1.165) is 12.8 Å². The van der Waals surface area contributed by atoms with Crippen LogP contribution in [0.3, 0.4) is 0 Å². The van der Waals surface area contributed by atoms with Gasteiger partial charge in [0.05, 0.1) is 0 Å². The standard InChI is InChI=1S/C10H22N4/c1-5-7(3)13-9(11)10(12)14-8(4)6-2/h7-8H,5-6H2,1-4H3,(H2,11,13)(H2,12,14). The zero-order valence-electron chi connectivity index (χ0n) is 9.62. The van der Waals surface area contributed by atoms with Gasteiger partial charge in [-0.15, -0.1) is 0 Å². The monoisotopic (exact) mass is 198 g/mol. The van der Waals surface area contributed by atoms with E-state index in [2.05, 4.69) is 23.8 Å². The molecule has 0 aliphatic carbocycles. The molecule has 0 bridgehead atoms. The predicted octanol–water partition coefficient (Wildman–Crippen LogP) is 1.30. The molecule has 0 fully saturated rings. The summed E-state index contributed by atoms with van der Waals surface area (Å²) in [6.07, 6.45) is 1.91. The van der Waals surface area contributed by atoms with E-state index in [0.29, 0.717) is 11.7 Å². The Hall–Kier alpha value is -1.06. The van der Waals surface area contributed by atoms with Crippen LogP contribution in [-0.2, 0) is 0 Å². The van der Waals surface area contributed by atoms with Gasteiger partial charge in [-0.05, 0) is 26.7 Å². The van der Waals surface area contributed by atoms with Crippen LogP contribution in [-0.4, -0.2) is 23.8 Å². The Balaban J connectivity index is 4.44. The third-order valence-electron chi connectivity index (χ3n) is 2.16. The minimum Gasteiger partial charge on any atom is -0.381 e. The van der Waals surface area contributed by atoms with E-state index >= 15 is 0 Å². The first kappa shape index (κ1) is 12.9. The fraction of sp³-hybridized carbons (Fsp3) is 0.800. The molecule has 0 rings (SSSR count). The fourth-order valence-electron chi connectivity index (χ4n) is 0.790. The molecular weight excluding hydrogens is 176 g/mol. The molecule has 4 N–H and O–H groups in total. The second-order valence-electron chi connectivity index (χ2n) is 3.54. The van der Waals surface area contributed by atoms with E-state index in [-0.39, 0.29) is 12.1 Å². The van der Waals surface area contributed by atoms with Crippen molar-refractivity contribution >= 4 is 11.7 Å². The zero-order chi connectivity index (χ0) is 11.1. The molecule has 0 saturated heterocycles. The first-order chi connectivity index (χ1) is 6.51. The lowest BCUT2D eigenvalue weighted by atomic mass is 10.2. The van der Waals surface area contributed by atoms with Crippen LogP contribution in [0.4, 0.5) is 0 Å². The number of nitrogens with two attached hydrogens (primary N) is 2. The molecule has 0 amide bonds. The topological polar surface area (TPSA) is 76.8 Å². The molecule has 0 radical (unpaired) electrons. The normalized spacial score (nSPS) is 18.0. The Kier molecular flexibility index (Phi) is 5.92. The van der Waals surface area contributed by atoms with Crippen molar-refractivity contribution in [2.45, 2.75) is 52.6 Å². The van der Waals surface area contributed by atoms with Gasteiger partial charge in [-0.2, -0.15) is 0 Å². The van der Waals surface area contributed by atoms with Crippen LogP contribution < -0.4 is 11.5 Å². The van der Waals surface area contributed by atoms with Crippen molar-refractivity contribution in [3.63, 3.8) is 0 Å².